The summed E-state index contributed by atoms with van der Waals surface area (Å²) in [6.07, 6.45) is 6.47. The minimum Gasteiger partial charge on any atom is -0.469 e. The van der Waals surface area contributed by atoms with Crippen molar-refractivity contribution in [2.75, 3.05) is 0 Å². The molecule has 0 aromatic carbocycles. The average molecular weight is 233 g/mol. The van der Waals surface area contributed by atoms with Crippen LogP contribution in [0.4, 0.5) is 0 Å². The summed E-state index contributed by atoms with van der Waals surface area (Å²) in [7, 11) is 0. The van der Waals surface area contributed by atoms with Crippen LogP contribution in [-0.2, 0) is 19.5 Å². The molecule has 1 N–H and O–H groups in total. The van der Waals surface area contributed by atoms with Crippen molar-refractivity contribution in [2.45, 2.75) is 39.4 Å². The van der Waals surface area contributed by atoms with E-state index in [9.17, 15) is 0 Å². The van der Waals surface area contributed by atoms with Gasteiger partial charge < -0.3 is 14.3 Å². The summed E-state index contributed by atoms with van der Waals surface area (Å²) in [6.45, 7) is 6.03. The van der Waals surface area contributed by atoms with Gasteiger partial charge in [0.15, 0.2) is 0 Å². The summed E-state index contributed by atoms with van der Waals surface area (Å²) in [5, 5.41) is 3.45. The van der Waals surface area contributed by atoms with Crippen LogP contribution in [0.1, 0.15) is 25.4 Å². The molecular formula is C13H19N3O. The molecule has 0 aliphatic heterocycles. The Morgan fingerprint density at radius 1 is 1.53 bits per heavy atom. The Hall–Kier alpha value is -1.55. The van der Waals surface area contributed by atoms with E-state index < -0.39 is 0 Å². The molecule has 1 unspecified atom stereocenters. The van der Waals surface area contributed by atoms with Crippen LogP contribution in [0.25, 0.3) is 0 Å². The van der Waals surface area contributed by atoms with Gasteiger partial charge in [-0.15, -0.1) is 0 Å². The summed E-state index contributed by atoms with van der Waals surface area (Å²) in [5.74, 6) is 2.10. The highest BCUT2D eigenvalue weighted by Gasteiger charge is 2.07. The minimum absolute atomic E-state index is 0.378. The normalized spacial score (nSPS) is 12.8. The van der Waals surface area contributed by atoms with E-state index in [1.165, 1.54) is 0 Å². The number of imidazole rings is 1. The fourth-order valence-corrected chi connectivity index (χ4v) is 1.86. The molecule has 2 rings (SSSR count). The zero-order chi connectivity index (χ0) is 12.1. The standard InChI is InChI=1S/C13H19N3O/c1-3-16-7-6-14-13(16)10-15-11(2)9-12-5-4-8-17-12/h4-8,11,15H,3,9-10H2,1-2H3. The van der Waals surface area contributed by atoms with Crippen molar-refractivity contribution in [2.24, 2.45) is 0 Å². The molecular weight excluding hydrogens is 214 g/mol. The number of rotatable bonds is 6. The molecule has 2 aromatic heterocycles. The van der Waals surface area contributed by atoms with Gasteiger partial charge in [-0.2, -0.15) is 0 Å². The Bertz CT molecular complexity index is 433. The lowest BCUT2D eigenvalue weighted by Crippen LogP contribution is -2.28. The van der Waals surface area contributed by atoms with E-state index >= 15 is 0 Å². The third-order valence-electron chi connectivity index (χ3n) is 2.84. The Morgan fingerprint density at radius 3 is 3.12 bits per heavy atom. The molecule has 0 amide bonds. The molecule has 0 spiro atoms. The zero-order valence-corrected chi connectivity index (χ0v) is 10.4. The lowest BCUT2D eigenvalue weighted by molar-refractivity contribution is 0.450. The Labute approximate surface area is 102 Å². The maximum Gasteiger partial charge on any atom is 0.122 e. The number of furan rings is 1. The summed E-state index contributed by atoms with van der Waals surface area (Å²) in [6, 6.07) is 4.31. The SMILES string of the molecule is CCn1ccnc1CNC(C)Cc1ccco1. The minimum atomic E-state index is 0.378. The zero-order valence-electron chi connectivity index (χ0n) is 10.4. The fourth-order valence-electron chi connectivity index (χ4n) is 1.86. The van der Waals surface area contributed by atoms with Crippen LogP contribution in [-0.4, -0.2) is 15.6 Å². The number of hydrogen-bond acceptors (Lipinski definition) is 3. The third kappa shape index (κ3) is 3.20. The number of hydrogen-bond donors (Lipinski definition) is 1. The predicted octanol–water partition coefficient (Wildman–Crippen LogP) is 2.22. The first kappa shape index (κ1) is 11.9. The number of nitrogens with zero attached hydrogens (tertiary/aromatic N) is 2. The maximum atomic E-state index is 5.33. The van der Waals surface area contributed by atoms with E-state index in [-0.39, 0.29) is 0 Å². The summed E-state index contributed by atoms with van der Waals surface area (Å²) >= 11 is 0. The highest BCUT2D eigenvalue weighted by molar-refractivity contribution is 5.00. The largest absolute Gasteiger partial charge is 0.469 e. The topological polar surface area (TPSA) is 43.0 Å². The summed E-state index contributed by atoms with van der Waals surface area (Å²) in [4.78, 5) is 4.33. The highest BCUT2D eigenvalue weighted by atomic mass is 16.3. The van der Waals surface area contributed by atoms with E-state index in [4.69, 9.17) is 4.42 Å². The van der Waals surface area contributed by atoms with E-state index in [1.54, 1.807) is 6.26 Å². The van der Waals surface area contributed by atoms with Crippen molar-refractivity contribution >= 4 is 0 Å². The molecule has 17 heavy (non-hydrogen) atoms. The lowest BCUT2D eigenvalue weighted by Gasteiger charge is -2.12. The first-order chi connectivity index (χ1) is 8.29. The Kier molecular flexibility index (Phi) is 3.98. The monoisotopic (exact) mass is 233 g/mol. The summed E-state index contributed by atoms with van der Waals surface area (Å²) < 4.78 is 7.47. The quantitative estimate of drug-likeness (QED) is 0.832. The van der Waals surface area contributed by atoms with Crippen LogP contribution in [0.5, 0.6) is 0 Å². The second-order valence-corrected chi connectivity index (χ2v) is 4.19. The highest BCUT2D eigenvalue weighted by Crippen LogP contribution is 2.04. The fraction of sp³-hybridized carbons (Fsp3) is 0.462. The molecule has 0 bridgehead atoms. The van der Waals surface area contributed by atoms with Gasteiger partial charge in [-0.05, 0) is 26.0 Å². The van der Waals surface area contributed by atoms with Crippen molar-refractivity contribution < 1.29 is 4.42 Å². The molecule has 1 atom stereocenters. The number of aromatic nitrogens is 2. The van der Waals surface area contributed by atoms with Crippen LogP contribution in [0.3, 0.4) is 0 Å². The Balaban J connectivity index is 1.82. The van der Waals surface area contributed by atoms with Gasteiger partial charge in [0.05, 0.1) is 12.8 Å². The van der Waals surface area contributed by atoms with Crippen LogP contribution in [0.15, 0.2) is 35.2 Å². The first-order valence-corrected chi connectivity index (χ1v) is 6.05. The van der Waals surface area contributed by atoms with Gasteiger partial charge in [-0.3, -0.25) is 0 Å². The van der Waals surface area contributed by atoms with Crippen molar-refractivity contribution in [3.63, 3.8) is 0 Å². The Morgan fingerprint density at radius 2 is 2.41 bits per heavy atom. The van der Waals surface area contributed by atoms with E-state index in [2.05, 4.69) is 28.7 Å². The molecule has 0 fully saturated rings. The molecule has 0 saturated heterocycles. The first-order valence-electron chi connectivity index (χ1n) is 6.05. The van der Waals surface area contributed by atoms with Crippen LogP contribution in [0.2, 0.25) is 0 Å². The summed E-state index contributed by atoms with van der Waals surface area (Å²) in [5.41, 5.74) is 0. The van der Waals surface area contributed by atoms with Crippen molar-refractivity contribution in [3.05, 3.63) is 42.4 Å². The predicted molar refractivity (Wildman–Crippen MR) is 66.6 cm³/mol. The van der Waals surface area contributed by atoms with E-state index in [1.807, 2.05) is 24.5 Å². The average Bonchev–Trinajstić information content (AvgIpc) is 2.96. The van der Waals surface area contributed by atoms with Gasteiger partial charge in [0.25, 0.3) is 0 Å². The molecule has 2 heterocycles. The second kappa shape index (κ2) is 5.68. The molecule has 4 nitrogen and oxygen atoms in total. The van der Waals surface area contributed by atoms with Crippen LogP contribution < -0.4 is 5.32 Å². The van der Waals surface area contributed by atoms with Crippen LogP contribution in [0, 0.1) is 0 Å². The molecule has 0 aliphatic rings. The van der Waals surface area contributed by atoms with Gasteiger partial charge in [0.1, 0.15) is 11.6 Å². The third-order valence-corrected chi connectivity index (χ3v) is 2.84. The smallest absolute Gasteiger partial charge is 0.122 e. The van der Waals surface area contributed by atoms with E-state index in [0.29, 0.717) is 6.04 Å². The van der Waals surface area contributed by atoms with Crippen LogP contribution >= 0.6 is 0 Å². The molecule has 92 valence electrons. The van der Waals surface area contributed by atoms with Gasteiger partial charge in [-0.1, -0.05) is 0 Å². The van der Waals surface area contributed by atoms with Crippen molar-refractivity contribution in [3.8, 4) is 0 Å². The maximum absolute atomic E-state index is 5.33. The van der Waals surface area contributed by atoms with Gasteiger partial charge >= 0.3 is 0 Å². The number of nitrogens with one attached hydrogen (secondary N) is 1. The lowest BCUT2D eigenvalue weighted by atomic mass is 10.2. The second-order valence-electron chi connectivity index (χ2n) is 4.19. The van der Waals surface area contributed by atoms with E-state index in [0.717, 1.165) is 31.1 Å². The molecule has 0 saturated carbocycles. The molecule has 4 heteroatoms. The number of aryl methyl sites for hydroxylation is 1. The molecule has 2 aromatic rings. The molecule has 0 aliphatic carbocycles. The van der Waals surface area contributed by atoms with Crippen molar-refractivity contribution in [1.29, 1.82) is 0 Å². The van der Waals surface area contributed by atoms with Crippen molar-refractivity contribution in [1.82, 2.24) is 14.9 Å². The van der Waals surface area contributed by atoms with Gasteiger partial charge in [0, 0.05) is 31.4 Å². The molecule has 0 radical (unpaired) electrons. The van der Waals surface area contributed by atoms with Gasteiger partial charge in [0.2, 0.25) is 0 Å². The van der Waals surface area contributed by atoms with Gasteiger partial charge in [-0.25, -0.2) is 4.98 Å².